The lowest BCUT2D eigenvalue weighted by Crippen LogP contribution is -1.80. The van der Waals surface area contributed by atoms with Crippen LogP contribution in [0.1, 0.15) is 78.6 Å². The van der Waals surface area contributed by atoms with E-state index in [1.54, 1.807) is 0 Å². The van der Waals surface area contributed by atoms with Crippen LogP contribution in [0, 0.1) is 0 Å². The van der Waals surface area contributed by atoms with Gasteiger partial charge in [0.25, 0.3) is 0 Å². The maximum absolute atomic E-state index is 8.29. The second kappa shape index (κ2) is 18.7. The van der Waals surface area contributed by atoms with Crippen molar-refractivity contribution >= 4 is 0 Å². The first-order valence-corrected chi connectivity index (χ1v) is 6.44. The van der Waals surface area contributed by atoms with E-state index in [1.165, 1.54) is 51.4 Å². The van der Waals surface area contributed by atoms with E-state index >= 15 is 0 Å². The molecule has 0 saturated carbocycles. The Morgan fingerprint density at radius 1 is 0.571 bits per heavy atom. The number of hydrogen-bond donors (Lipinski definition) is 1. The molecule has 14 heavy (non-hydrogen) atoms. The zero-order chi connectivity index (χ0) is 11.1. The van der Waals surface area contributed by atoms with E-state index in [2.05, 4.69) is 20.8 Å². The van der Waals surface area contributed by atoms with Crippen molar-refractivity contribution < 1.29 is 5.11 Å². The summed E-state index contributed by atoms with van der Waals surface area (Å²) >= 11 is 0. The molecule has 0 unspecified atom stereocenters. The molecule has 1 N–H and O–H groups in total. The van der Waals surface area contributed by atoms with Crippen LogP contribution in [0.15, 0.2) is 0 Å². The summed E-state index contributed by atoms with van der Waals surface area (Å²) in [6, 6.07) is 0. The average Bonchev–Trinajstić information content (AvgIpc) is 2.21. The highest BCUT2D eigenvalue weighted by molar-refractivity contribution is 4.36. The topological polar surface area (TPSA) is 20.2 Å². The number of aliphatic hydroxyl groups excluding tert-OH is 1. The molecule has 0 radical (unpaired) electrons. The molecule has 0 aromatic heterocycles. The number of unbranched alkanes of at least 4 members (excludes halogenated alkanes) is 7. The van der Waals surface area contributed by atoms with Crippen LogP contribution in [0.25, 0.3) is 0 Å². The van der Waals surface area contributed by atoms with Gasteiger partial charge in [-0.3, -0.25) is 0 Å². The van der Waals surface area contributed by atoms with Gasteiger partial charge in [0, 0.05) is 6.61 Å². The maximum atomic E-state index is 8.29. The monoisotopic (exact) mass is 202 g/mol. The molecule has 1 heteroatoms. The molecule has 0 heterocycles. The Kier molecular flexibility index (Phi) is 21.9. The summed E-state index contributed by atoms with van der Waals surface area (Å²) in [7, 11) is 0. The lowest BCUT2D eigenvalue weighted by molar-refractivity contribution is 0.283. The summed E-state index contributed by atoms with van der Waals surface area (Å²) in [6.45, 7) is 7.02. The highest BCUT2D eigenvalue weighted by Crippen LogP contribution is 2.00. The fraction of sp³-hybridized carbons (Fsp3) is 1.00. The second-order valence-corrected chi connectivity index (χ2v) is 3.84. The Bertz CT molecular complexity index is 53.6. The van der Waals surface area contributed by atoms with Gasteiger partial charge in [-0.15, -0.1) is 0 Å². The summed E-state index contributed by atoms with van der Waals surface area (Å²) < 4.78 is 0. The second-order valence-electron chi connectivity index (χ2n) is 3.84. The van der Waals surface area contributed by atoms with E-state index in [-0.39, 0.29) is 0 Å². The van der Waals surface area contributed by atoms with E-state index in [9.17, 15) is 0 Å². The van der Waals surface area contributed by atoms with Crippen LogP contribution >= 0.6 is 0 Å². The van der Waals surface area contributed by atoms with Gasteiger partial charge in [0.15, 0.2) is 0 Å². The summed E-state index contributed by atoms with van der Waals surface area (Å²) in [4.78, 5) is 0. The fourth-order valence-electron chi connectivity index (χ4n) is 1.22. The van der Waals surface area contributed by atoms with Crippen molar-refractivity contribution in [2.75, 3.05) is 6.61 Å². The molecular formula is C13H30O. The van der Waals surface area contributed by atoms with Gasteiger partial charge in [-0.05, 0) is 6.42 Å². The van der Waals surface area contributed by atoms with Crippen LogP contribution < -0.4 is 0 Å². The Hall–Kier alpha value is -0.0400. The molecule has 0 aliphatic heterocycles. The van der Waals surface area contributed by atoms with Crippen molar-refractivity contribution in [2.45, 2.75) is 78.6 Å². The first-order chi connectivity index (χ1) is 6.83. The molecule has 0 spiro atoms. The number of rotatable bonds is 8. The molecule has 0 aliphatic carbocycles. The maximum Gasteiger partial charge on any atom is 0.0431 e. The average molecular weight is 202 g/mol. The van der Waals surface area contributed by atoms with Crippen molar-refractivity contribution in [3.63, 3.8) is 0 Å². The molecule has 0 bridgehead atoms. The van der Waals surface area contributed by atoms with E-state index in [1.807, 2.05) is 0 Å². The van der Waals surface area contributed by atoms with Crippen LogP contribution in [0.4, 0.5) is 0 Å². The van der Waals surface area contributed by atoms with E-state index < -0.39 is 0 Å². The molecule has 0 amide bonds. The molecule has 0 fully saturated rings. The highest BCUT2D eigenvalue weighted by atomic mass is 16.2. The Morgan fingerprint density at radius 2 is 0.929 bits per heavy atom. The quantitative estimate of drug-likeness (QED) is 0.573. The minimum atomic E-state index is 0.361. The third-order valence-electron chi connectivity index (χ3n) is 2.22. The molecule has 0 atom stereocenters. The molecule has 88 valence electrons. The fourth-order valence-corrected chi connectivity index (χ4v) is 1.22. The molecule has 1 nitrogen and oxygen atoms in total. The molecule has 0 aromatic carbocycles. The minimum Gasteiger partial charge on any atom is -0.396 e. The first kappa shape index (κ1) is 16.4. The lowest BCUT2D eigenvalue weighted by Gasteiger charge is -1.90. The van der Waals surface area contributed by atoms with Crippen molar-refractivity contribution in [3.05, 3.63) is 0 Å². The van der Waals surface area contributed by atoms with Crippen molar-refractivity contribution in [1.29, 1.82) is 0 Å². The van der Waals surface area contributed by atoms with E-state index in [0.717, 1.165) is 6.42 Å². The largest absolute Gasteiger partial charge is 0.396 e. The zero-order valence-corrected chi connectivity index (χ0v) is 10.5. The van der Waals surface area contributed by atoms with Gasteiger partial charge in [0.2, 0.25) is 0 Å². The highest BCUT2D eigenvalue weighted by Gasteiger charge is 1.81. The smallest absolute Gasteiger partial charge is 0.0431 e. The van der Waals surface area contributed by atoms with Crippen molar-refractivity contribution in [1.82, 2.24) is 0 Å². The van der Waals surface area contributed by atoms with Gasteiger partial charge >= 0.3 is 0 Å². The molecule has 0 aromatic rings. The number of aliphatic hydroxyl groups is 1. The van der Waals surface area contributed by atoms with Gasteiger partial charge < -0.3 is 5.11 Å². The van der Waals surface area contributed by atoms with Gasteiger partial charge in [-0.1, -0.05) is 72.1 Å². The van der Waals surface area contributed by atoms with Gasteiger partial charge in [-0.25, -0.2) is 0 Å². The van der Waals surface area contributed by atoms with Gasteiger partial charge in [0.1, 0.15) is 0 Å². The van der Waals surface area contributed by atoms with Crippen LogP contribution in [0.5, 0.6) is 0 Å². The van der Waals surface area contributed by atoms with Gasteiger partial charge in [-0.2, -0.15) is 0 Å². The van der Waals surface area contributed by atoms with E-state index in [4.69, 9.17) is 5.11 Å². The third kappa shape index (κ3) is 22.7. The molecule has 0 rings (SSSR count). The van der Waals surface area contributed by atoms with Crippen LogP contribution in [-0.4, -0.2) is 11.7 Å². The number of hydrogen-bond acceptors (Lipinski definition) is 1. The molecular weight excluding hydrogens is 172 g/mol. The summed E-state index contributed by atoms with van der Waals surface area (Å²) in [5.74, 6) is 0. The summed E-state index contributed by atoms with van der Waals surface area (Å²) in [5.41, 5.74) is 0. The standard InChI is InChI=1S/C7H16.C6H14O/c1-3-5-7-6-4-2;1-2-3-4-5-6-7/h3-7H2,1-2H3;7H,2-6H2,1H3. The van der Waals surface area contributed by atoms with Crippen LogP contribution in [-0.2, 0) is 0 Å². The van der Waals surface area contributed by atoms with E-state index in [0.29, 0.717) is 6.61 Å². The predicted octanol–water partition coefficient (Wildman–Crippen LogP) is 4.54. The molecule has 0 aliphatic rings. The predicted molar refractivity (Wildman–Crippen MR) is 65.7 cm³/mol. The Morgan fingerprint density at radius 3 is 1.21 bits per heavy atom. The van der Waals surface area contributed by atoms with Gasteiger partial charge in [0.05, 0.1) is 0 Å². The SMILES string of the molecule is CCCCCCC.CCCCCCO. The van der Waals surface area contributed by atoms with Crippen LogP contribution in [0.3, 0.4) is 0 Å². The zero-order valence-electron chi connectivity index (χ0n) is 10.5. The van der Waals surface area contributed by atoms with Crippen molar-refractivity contribution in [2.24, 2.45) is 0 Å². The normalized spacial score (nSPS) is 9.43. The van der Waals surface area contributed by atoms with Crippen molar-refractivity contribution in [3.8, 4) is 0 Å². The first-order valence-electron chi connectivity index (χ1n) is 6.44. The lowest BCUT2D eigenvalue weighted by atomic mass is 10.2. The Labute approximate surface area is 90.9 Å². The van der Waals surface area contributed by atoms with Crippen LogP contribution in [0.2, 0.25) is 0 Å². The minimum absolute atomic E-state index is 0.361. The summed E-state index contributed by atoms with van der Waals surface area (Å²) in [5, 5.41) is 8.29. The Balaban J connectivity index is 0. The third-order valence-corrected chi connectivity index (χ3v) is 2.22. The summed E-state index contributed by atoms with van der Waals surface area (Å²) in [6.07, 6.45) is 11.7. The molecule has 0 saturated heterocycles.